The summed E-state index contributed by atoms with van der Waals surface area (Å²) in [5, 5.41) is 0. The maximum atomic E-state index is 11.6. The van der Waals surface area contributed by atoms with E-state index in [1.165, 1.54) is 10.6 Å². The lowest BCUT2D eigenvalue weighted by Gasteiger charge is -2.30. The molecule has 0 bridgehead atoms. The standard InChI is InChI=1S/C11H21NO3S2/c1-16-7-5-11(13)8-10-4-3-6-12(9-10)17(2,14)15/h10H,3-9H2,1-2H3. The molecule has 1 aliphatic heterocycles. The fraction of sp³-hybridized carbons (Fsp3) is 0.909. The fourth-order valence-corrected chi connectivity index (χ4v) is 3.51. The molecule has 0 aliphatic carbocycles. The van der Waals surface area contributed by atoms with Gasteiger partial charge in [-0.2, -0.15) is 11.8 Å². The zero-order valence-electron chi connectivity index (χ0n) is 10.5. The normalized spacial score (nSPS) is 22.6. The molecule has 0 amide bonds. The molecule has 100 valence electrons. The highest BCUT2D eigenvalue weighted by Crippen LogP contribution is 2.22. The Bertz CT molecular complexity index is 354. The molecule has 1 unspecified atom stereocenters. The molecule has 0 aromatic heterocycles. The predicted molar refractivity (Wildman–Crippen MR) is 71.8 cm³/mol. The zero-order chi connectivity index (χ0) is 12.9. The number of sulfonamides is 1. The van der Waals surface area contributed by atoms with Crippen molar-refractivity contribution in [2.24, 2.45) is 5.92 Å². The van der Waals surface area contributed by atoms with E-state index in [4.69, 9.17) is 0 Å². The molecule has 1 fully saturated rings. The smallest absolute Gasteiger partial charge is 0.211 e. The quantitative estimate of drug-likeness (QED) is 0.737. The Hall–Kier alpha value is -0.0700. The number of piperidine rings is 1. The molecule has 1 atom stereocenters. The van der Waals surface area contributed by atoms with E-state index in [0.717, 1.165) is 18.6 Å². The highest BCUT2D eigenvalue weighted by molar-refractivity contribution is 7.98. The molecule has 17 heavy (non-hydrogen) atoms. The minimum Gasteiger partial charge on any atom is -0.300 e. The van der Waals surface area contributed by atoms with Gasteiger partial charge in [0.15, 0.2) is 0 Å². The molecule has 1 rings (SSSR count). The van der Waals surface area contributed by atoms with Crippen LogP contribution in [0.5, 0.6) is 0 Å². The second-order valence-electron chi connectivity index (χ2n) is 4.61. The topological polar surface area (TPSA) is 54.5 Å². The number of Topliss-reactive ketones (excluding diaryl/α,β-unsaturated/α-hetero) is 1. The highest BCUT2D eigenvalue weighted by Gasteiger charge is 2.26. The van der Waals surface area contributed by atoms with Gasteiger partial charge in [0, 0.05) is 25.9 Å². The number of thioether (sulfide) groups is 1. The van der Waals surface area contributed by atoms with Gasteiger partial charge < -0.3 is 0 Å². The Labute approximate surface area is 108 Å². The van der Waals surface area contributed by atoms with Crippen molar-refractivity contribution in [2.45, 2.75) is 25.7 Å². The molecule has 6 heteroatoms. The molecule has 0 saturated carbocycles. The first kappa shape index (κ1) is 15.0. The monoisotopic (exact) mass is 279 g/mol. The SMILES string of the molecule is CSCCC(=O)CC1CCCN(S(C)(=O)=O)C1. The van der Waals surface area contributed by atoms with E-state index < -0.39 is 10.0 Å². The van der Waals surface area contributed by atoms with Crippen molar-refractivity contribution in [3.8, 4) is 0 Å². The van der Waals surface area contributed by atoms with E-state index in [9.17, 15) is 13.2 Å². The Balaban J connectivity index is 2.42. The average molecular weight is 279 g/mol. The average Bonchev–Trinajstić information content (AvgIpc) is 2.25. The maximum absolute atomic E-state index is 11.6. The van der Waals surface area contributed by atoms with Crippen molar-refractivity contribution in [2.75, 3.05) is 31.4 Å². The lowest BCUT2D eigenvalue weighted by molar-refractivity contribution is -0.119. The number of rotatable bonds is 6. The fourth-order valence-electron chi connectivity index (χ4n) is 2.13. The zero-order valence-corrected chi connectivity index (χ0v) is 12.1. The Morgan fingerprint density at radius 1 is 1.47 bits per heavy atom. The summed E-state index contributed by atoms with van der Waals surface area (Å²) in [6.07, 6.45) is 6.21. The molecular formula is C11H21NO3S2. The molecule has 1 heterocycles. The van der Waals surface area contributed by atoms with E-state index in [-0.39, 0.29) is 11.7 Å². The first-order chi connectivity index (χ1) is 7.93. The molecule has 1 aliphatic rings. The van der Waals surface area contributed by atoms with Crippen molar-refractivity contribution in [3.63, 3.8) is 0 Å². The molecule has 0 aromatic carbocycles. The first-order valence-corrected chi connectivity index (χ1v) is 9.13. The summed E-state index contributed by atoms with van der Waals surface area (Å²) < 4.78 is 24.4. The van der Waals surface area contributed by atoms with Crippen LogP contribution in [0.15, 0.2) is 0 Å². The van der Waals surface area contributed by atoms with Crippen molar-refractivity contribution in [1.82, 2.24) is 4.31 Å². The minimum atomic E-state index is -3.09. The molecule has 4 nitrogen and oxygen atoms in total. The molecule has 0 aromatic rings. The van der Waals surface area contributed by atoms with Crippen molar-refractivity contribution in [1.29, 1.82) is 0 Å². The Morgan fingerprint density at radius 3 is 2.76 bits per heavy atom. The van der Waals surface area contributed by atoms with Gasteiger partial charge in [-0.3, -0.25) is 4.79 Å². The van der Waals surface area contributed by atoms with Crippen LogP contribution >= 0.6 is 11.8 Å². The summed E-state index contributed by atoms with van der Waals surface area (Å²) in [5.41, 5.74) is 0. The van der Waals surface area contributed by atoms with E-state index >= 15 is 0 Å². The Kier molecular flexibility index (Phi) is 5.95. The second kappa shape index (κ2) is 6.75. The lowest BCUT2D eigenvalue weighted by atomic mass is 9.93. The number of hydrogen-bond acceptors (Lipinski definition) is 4. The third kappa shape index (κ3) is 5.40. The van der Waals surface area contributed by atoms with Gasteiger partial charge in [0.05, 0.1) is 6.26 Å². The van der Waals surface area contributed by atoms with E-state index in [2.05, 4.69) is 0 Å². The van der Waals surface area contributed by atoms with Crippen molar-refractivity contribution < 1.29 is 13.2 Å². The van der Waals surface area contributed by atoms with Gasteiger partial charge in [-0.05, 0) is 30.8 Å². The van der Waals surface area contributed by atoms with Crippen molar-refractivity contribution in [3.05, 3.63) is 0 Å². The van der Waals surface area contributed by atoms with Gasteiger partial charge in [-0.25, -0.2) is 12.7 Å². The number of nitrogens with zero attached hydrogens (tertiary/aromatic N) is 1. The van der Waals surface area contributed by atoms with Crippen LogP contribution in [0, 0.1) is 5.92 Å². The summed E-state index contributed by atoms with van der Waals surface area (Å²) in [5.74, 6) is 1.34. The van der Waals surface area contributed by atoms with Crippen LogP contribution in [-0.2, 0) is 14.8 Å². The molecule has 0 spiro atoms. The number of hydrogen-bond donors (Lipinski definition) is 0. The second-order valence-corrected chi connectivity index (χ2v) is 7.58. The van der Waals surface area contributed by atoms with Crippen LogP contribution in [-0.4, -0.2) is 49.9 Å². The lowest BCUT2D eigenvalue weighted by Crippen LogP contribution is -2.39. The molecule has 0 radical (unpaired) electrons. The van der Waals surface area contributed by atoms with E-state index in [1.54, 1.807) is 11.8 Å². The molecule has 1 saturated heterocycles. The van der Waals surface area contributed by atoms with Crippen LogP contribution in [0.4, 0.5) is 0 Å². The van der Waals surface area contributed by atoms with Crippen LogP contribution in [0.3, 0.4) is 0 Å². The summed E-state index contributed by atoms with van der Waals surface area (Å²) in [6, 6.07) is 0. The van der Waals surface area contributed by atoms with Gasteiger partial charge in [-0.15, -0.1) is 0 Å². The number of carbonyl (C=O) groups excluding carboxylic acids is 1. The van der Waals surface area contributed by atoms with Gasteiger partial charge in [0.25, 0.3) is 0 Å². The van der Waals surface area contributed by atoms with Crippen LogP contribution in [0.25, 0.3) is 0 Å². The van der Waals surface area contributed by atoms with Gasteiger partial charge in [0.1, 0.15) is 5.78 Å². The number of carbonyl (C=O) groups is 1. The predicted octanol–water partition coefficient (Wildman–Crippen LogP) is 1.37. The van der Waals surface area contributed by atoms with Crippen LogP contribution in [0.2, 0.25) is 0 Å². The third-order valence-corrected chi connectivity index (χ3v) is 4.93. The summed E-state index contributed by atoms with van der Waals surface area (Å²) >= 11 is 1.67. The molecular weight excluding hydrogens is 258 g/mol. The van der Waals surface area contributed by atoms with Crippen LogP contribution in [0.1, 0.15) is 25.7 Å². The maximum Gasteiger partial charge on any atom is 0.211 e. The largest absolute Gasteiger partial charge is 0.300 e. The molecule has 0 N–H and O–H groups in total. The van der Waals surface area contributed by atoms with Gasteiger partial charge >= 0.3 is 0 Å². The highest BCUT2D eigenvalue weighted by atomic mass is 32.2. The van der Waals surface area contributed by atoms with E-state index in [1.807, 2.05) is 6.26 Å². The van der Waals surface area contributed by atoms with Gasteiger partial charge in [-0.1, -0.05) is 0 Å². The Morgan fingerprint density at radius 2 is 2.18 bits per heavy atom. The summed E-state index contributed by atoms with van der Waals surface area (Å²) in [7, 11) is -3.09. The third-order valence-electron chi connectivity index (χ3n) is 3.05. The minimum absolute atomic E-state index is 0.216. The summed E-state index contributed by atoms with van der Waals surface area (Å²) in [6.45, 7) is 1.12. The van der Waals surface area contributed by atoms with Crippen molar-refractivity contribution >= 4 is 27.6 Å². The van der Waals surface area contributed by atoms with E-state index in [0.29, 0.717) is 25.9 Å². The van der Waals surface area contributed by atoms with Crippen LogP contribution < -0.4 is 0 Å². The first-order valence-electron chi connectivity index (χ1n) is 5.89. The van der Waals surface area contributed by atoms with Gasteiger partial charge in [0.2, 0.25) is 10.0 Å². The summed E-state index contributed by atoms with van der Waals surface area (Å²) in [4.78, 5) is 11.6. The number of ketones is 1.